The predicted molar refractivity (Wildman–Crippen MR) is 75.3 cm³/mol. The van der Waals surface area contributed by atoms with Crippen LogP contribution in [0.2, 0.25) is 5.28 Å². The maximum atomic E-state index is 5.83. The predicted octanol–water partition coefficient (Wildman–Crippen LogP) is 1.71. The van der Waals surface area contributed by atoms with E-state index in [-0.39, 0.29) is 5.28 Å². The van der Waals surface area contributed by atoms with Crippen LogP contribution in [0.1, 0.15) is 20.8 Å². The summed E-state index contributed by atoms with van der Waals surface area (Å²) in [6, 6.07) is 0.520. The van der Waals surface area contributed by atoms with Gasteiger partial charge in [-0.25, -0.2) is 0 Å². The summed E-state index contributed by atoms with van der Waals surface area (Å²) in [4.78, 5) is 14.5. The largest absolute Gasteiger partial charge is 0.354 e. The van der Waals surface area contributed by atoms with E-state index in [0.717, 1.165) is 19.6 Å². The van der Waals surface area contributed by atoms with E-state index < -0.39 is 0 Å². The Hall–Kier alpha value is -1.14. The Morgan fingerprint density at radius 2 is 1.78 bits per heavy atom. The SMILES string of the molecule is CCNc1nc(Cl)nc(NCCN(C)C(C)C)n1. The lowest BCUT2D eigenvalue weighted by Gasteiger charge is -2.20. The molecule has 0 bridgehead atoms. The van der Waals surface area contributed by atoms with E-state index in [1.54, 1.807) is 0 Å². The van der Waals surface area contributed by atoms with Gasteiger partial charge in [0.05, 0.1) is 0 Å². The van der Waals surface area contributed by atoms with Crippen molar-refractivity contribution in [1.82, 2.24) is 19.9 Å². The monoisotopic (exact) mass is 272 g/mol. The van der Waals surface area contributed by atoms with Gasteiger partial charge in [-0.3, -0.25) is 0 Å². The normalized spacial score (nSPS) is 11.1. The molecule has 0 unspecified atom stereocenters. The first-order valence-electron chi connectivity index (χ1n) is 6.12. The van der Waals surface area contributed by atoms with E-state index in [1.165, 1.54) is 0 Å². The molecule has 18 heavy (non-hydrogen) atoms. The fraction of sp³-hybridized carbons (Fsp3) is 0.727. The summed E-state index contributed by atoms with van der Waals surface area (Å²) in [6.45, 7) is 8.71. The molecule has 0 fully saturated rings. The Morgan fingerprint density at radius 3 is 2.33 bits per heavy atom. The summed E-state index contributed by atoms with van der Waals surface area (Å²) in [6.07, 6.45) is 0. The first kappa shape index (κ1) is 14.9. The van der Waals surface area contributed by atoms with Crippen molar-refractivity contribution in [2.45, 2.75) is 26.8 Å². The summed E-state index contributed by atoms with van der Waals surface area (Å²) >= 11 is 5.83. The highest BCUT2D eigenvalue weighted by atomic mass is 35.5. The minimum atomic E-state index is 0.195. The van der Waals surface area contributed by atoms with E-state index in [1.807, 2.05) is 6.92 Å². The molecule has 0 aliphatic rings. The molecule has 0 radical (unpaired) electrons. The zero-order valence-corrected chi connectivity index (χ0v) is 12.1. The van der Waals surface area contributed by atoms with Crippen LogP contribution in [0.15, 0.2) is 0 Å². The number of nitrogens with one attached hydrogen (secondary N) is 2. The van der Waals surface area contributed by atoms with Gasteiger partial charge < -0.3 is 15.5 Å². The van der Waals surface area contributed by atoms with Gasteiger partial charge in [0, 0.05) is 25.7 Å². The number of likely N-dealkylation sites (N-methyl/N-ethyl adjacent to an activating group) is 1. The van der Waals surface area contributed by atoms with Crippen molar-refractivity contribution in [2.24, 2.45) is 0 Å². The molecule has 0 aromatic carbocycles. The Kier molecular flexibility index (Phi) is 6.07. The minimum Gasteiger partial charge on any atom is -0.354 e. The van der Waals surface area contributed by atoms with E-state index in [0.29, 0.717) is 17.9 Å². The lowest BCUT2D eigenvalue weighted by molar-refractivity contribution is 0.284. The van der Waals surface area contributed by atoms with Gasteiger partial charge in [-0.15, -0.1) is 0 Å². The average molecular weight is 273 g/mol. The van der Waals surface area contributed by atoms with E-state index in [9.17, 15) is 0 Å². The first-order valence-corrected chi connectivity index (χ1v) is 6.50. The molecule has 1 rings (SSSR count). The highest BCUT2D eigenvalue weighted by Gasteiger charge is 2.05. The van der Waals surface area contributed by atoms with Crippen LogP contribution < -0.4 is 10.6 Å². The lowest BCUT2D eigenvalue weighted by Crippen LogP contribution is -2.31. The maximum Gasteiger partial charge on any atom is 0.228 e. The molecule has 1 aromatic heterocycles. The van der Waals surface area contributed by atoms with Gasteiger partial charge in [0.15, 0.2) is 0 Å². The molecule has 0 atom stereocenters. The van der Waals surface area contributed by atoms with Gasteiger partial charge in [-0.2, -0.15) is 15.0 Å². The third-order valence-electron chi connectivity index (χ3n) is 2.57. The van der Waals surface area contributed by atoms with Crippen molar-refractivity contribution in [3.8, 4) is 0 Å². The quantitative estimate of drug-likeness (QED) is 0.788. The molecule has 1 aromatic rings. The number of nitrogens with zero attached hydrogens (tertiary/aromatic N) is 4. The maximum absolute atomic E-state index is 5.83. The number of hydrogen-bond acceptors (Lipinski definition) is 6. The summed E-state index contributed by atoms with van der Waals surface area (Å²) < 4.78 is 0. The molecule has 102 valence electrons. The second kappa shape index (κ2) is 7.33. The Balaban J connectivity index is 2.51. The third kappa shape index (κ3) is 5.01. The van der Waals surface area contributed by atoms with E-state index in [2.05, 4.69) is 51.4 Å². The number of aromatic nitrogens is 3. The molecule has 7 heteroatoms. The average Bonchev–Trinajstić information content (AvgIpc) is 2.28. The number of rotatable bonds is 7. The topological polar surface area (TPSA) is 66.0 Å². The van der Waals surface area contributed by atoms with Crippen molar-refractivity contribution < 1.29 is 0 Å². The van der Waals surface area contributed by atoms with Gasteiger partial charge in [0.25, 0.3) is 0 Å². The summed E-state index contributed by atoms with van der Waals surface area (Å²) in [5.74, 6) is 1.00. The zero-order valence-electron chi connectivity index (χ0n) is 11.4. The second-order valence-electron chi connectivity index (χ2n) is 4.28. The van der Waals surface area contributed by atoms with E-state index >= 15 is 0 Å². The molecule has 0 saturated carbocycles. The second-order valence-corrected chi connectivity index (χ2v) is 4.62. The van der Waals surface area contributed by atoms with Crippen LogP contribution in [-0.4, -0.2) is 52.6 Å². The van der Waals surface area contributed by atoms with Crippen molar-refractivity contribution >= 4 is 23.5 Å². The molecule has 6 nitrogen and oxygen atoms in total. The summed E-state index contributed by atoms with van der Waals surface area (Å²) in [5.41, 5.74) is 0. The van der Waals surface area contributed by atoms with Crippen LogP contribution >= 0.6 is 11.6 Å². The molecule has 2 N–H and O–H groups in total. The van der Waals surface area contributed by atoms with Crippen LogP contribution in [0, 0.1) is 0 Å². The van der Waals surface area contributed by atoms with Gasteiger partial charge in [-0.05, 0) is 39.4 Å². The molecule has 0 saturated heterocycles. The van der Waals surface area contributed by atoms with Crippen LogP contribution in [0.25, 0.3) is 0 Å². The van der Waals surface area contributed by atoms with Crippen molar-refractivity contribution in [2.75, 3.05) is 37.3 Å². The minimum absolute atomic E-state index is 0.195. The zero-order chi connectivity index (χ0) is 13.5. The highest BCUT2D eigenvalue weighted by Crippen LogP contribution is 2.09. The van der Waals surface area contributed by atoms with Crippen molar-refractivity contribution in [1.29, 1.82) is 0 Å². The molecule has 0 aliphatic heterocycles. The Labute approximate surface area is 113 Å². The molecular weight excluding hydrogens is 252 g/mol. The Morgan fingerprint density at radius 1 is 1.17 bits per heavy atom. The fourth-order valence-electron chi connectivity index (χ4n) is 1.27. The standard InChI is InChI=1S/C11H21ClN6/c1-5-13-10-15-9(12)16-11(17-10)14-6-7-18(4)8(2)3/h8H,5-7H2,1-4H3,(H2,13,14,15,16,17). The van der Waals surface area contributed by atoms with Gasteiger partial charge >= 0.3 is 0 Å². The van der Waals surface area contributed by atoms with Gasteiger partial charge in [0.2, 0.25) is 17.2 Å². The number of anilines is 2. The highest BCUT2D eigenvalue weighted by molar-refractivity contribution is 6.28. The molecule has 0 amide bonds. The van der Waals surface area contributed by atoms with Gasteiger partial charge in [0.1, 0.15) is 0 Å². The van der Waals surface area contributed by atoms with Crippen molar-refractivity contribution in [3.63, 3.8) is 0 Å². The molecule has 1 heterocycles. The lowest BCUT2D eigenvalue weighted by atomic mass is 10.3. The van der Waals surface area contributed by atoms with Gasteiger partial charge in [-0.1, -0.05) is 0 Å². The Bertz CT molecular complexity index is 371. The fourth-order valence-corrected chi connectivity index (χ4v) is 1.43. The first-order chi connectivity index (χ1) is 8.52. The van der Waals surface area contributed by atoms with Crippen molar-refractivity contribution in [3.05, 3.63) is 5.28 Å². The van der Waals surface area contributed by atoms with Crippen LogP contribution in [0.4, 0.5) is 11.9 Å². The number of hydrogen-bond donors (Lipinski definition) is 2. The molecule has 0 spiro atoms. The number of halogens is 1. The molecule has 0 aliphatic carbocycles. The third-order valence-corrected chi connectivity index (χ3v) is 2.74. The smallest absolute Gasteiger partial charge is 0.228 e. The van der Waals surface area contributed by atoms with E-state index in [4.69, 9.17) is 11.6 Å². The summed E-state index contributed by atoms with van der Waals surface area (Å²) in [5, 5.41) is 6.35. The van der Waals surface area contributed by atoms with Crippen LogP contribution in [0.3, 0.4) is 0 Å². The summed E-state index contributed by atoms with van der Waals surface area (Å²) in [7, 11) is 2.08. The van der Waals surface area contributed by atoms with Crippen LogP contribution in [-0.2, 0) is 0 Å². The molecular formula is C11H21ClN6. The van der Waals surface area contributed by atoms with Crippen LogP contribution in [0.5, 0.6) is 0 Å².